The van der Waals surface area contributed by atoms with Gasteiger partial charge in [0.25, 0.3) is 0 Å². The molecule has 3 rings (SSSR count). The quantitative estimate of drug-likeness (QED) is 0.574. The van der Waals surface area contributed by atoms with E-state index in [9.17, 15) is 0 Å². The SMILES string of the molecule is CN=C(NCCN1CCCCC1C)NC1CCc2nc(COC)nn2C1. The third-order valence-electron chi connectivity index (χ3n) is 5.37. The highest BCUT2D eigenvalue weighted by Gasteiger charge is 2.22. The molecule has 0 aliphatic carbocycles. The van der Waals surface area contributed by atoms with E-state index in [1.807, 2.05) is 11.7 Å². The van der Waals surface area contributed by atoms with Gasteiger partial charge in [0.1, 0.15) is 12.4 Å². The fourth-order valence-electron chi connectivity index (χ4n) is 3.86. The maximum Gasteiger partial charge on any atom is 0.191 e. The number of hydrogen-bond donors (Lipinski definition) is 2. The molecular formula is C18H33N7O. The number of nitrogens with zero attached hydrogens (tertiary/aromatic N) is 5. The van der Waals surface area contributed by atoms with Crippen molar-refractivity contribution in [2.45, 2.75) is 64.3 Å². The summed E-state index contributed by atoms with van der Waals surface area (Å²) in [6.07, 6.45) is 5.98. The van der Waals surface area contributed by atoms with Crippen LogP contribution < -0.4 is 10.6 Å². The Bertz CT molecular complexity index is 600. The highest BCUT2D eigenvalue weighted by atomic mass is 16.5. The van der Waals surface area contributed by atoms with Crippen LogP contribution in [-0.2, 0) is 24.3 Å². The van der Waals surface area contributed by atoms with Crippen molar-refractivity contribution in [1.29, 1.82) is 0 Å². The minimum absolute atomic E-state index is 0.319. The van der Waals surface area contributed by atoms with Gasteiger partial charge in [0.05, 0.1) is 6.54 Å². The fraction of sp³-hybridized carbons (Fsp3) is 0.833. The standard InChI is InChI=1S/C18H33N7O/c1-14-6-4-5-10-24(14)11-9-20-18(19-2)21-15-7-8-17-22-16(13-26-3)23-25(17)12-15/h14-15H,4-13H2,1-3H3,(H2,19,20,21). The van der Waals surface area contributed by atoms with E-state index in [1.54, 1.807) is 7.11 Å². The first-order valence-corrected chi connectivity index (χ1v) is 9.82. The number of guanidine groups is 1. The molecule has 2 aliphatic heterocycles. The van der Waals surface area contributed by atoms with Crippen LogP contribution >= 0.6 is 0 Å². The summed E-state index contributed by atoms with van der Waals surface area (Å²) in [6.45, 7) is 6.83. The first-order valence-electron chi connectivity index (χ1n) is 9.82. The van der Waals surface area contributed by atoms with Crippen LogP contribution in [0.3, 0.4) is 0 Å². The third kappa shape index (κ3) is 4.94. The maximum atomic E-state index is 5.13. The molecule has 2 aliphatic rings. The van der Waals surface area contributed by atoms with Crippen LogP contribution in [0.5, 0.6) is 0 Å². The van der Waals surface area contributed by atoms with Gasteiger partial charge in [0.15, 0.2) is 11.8 Å². The van der Waals surface area contributed by atoms with Gasteiger partial charge in [-0.1, -0.05) is 6.42 Å². The van der Waals surface area contributed by atoms with Gasteiger partial charge in [-0.2, -0.15) is 5.10 Å². The Labute approximate surface area is 156 Å². The second-order valence-electron chi connectivity index (χ2n) is 7.32. The molecule has 1 fully saturated rings. The molecule has 0 saturated carbocycles. The van der Waals surface area contributed by atoms with Crippen LogP contribution in [-0.4, -0.2) is 71.5 Å². The molecule has 2 unspecified atom stereocenters. The zero-order chi connectivity index (χ0) is 18.4. The van der Waals surface area contributed by atoms with E-state index in [4.69, 9.17) is 4.74 Å². The lowest BCUT2D eigenvalue weighted by atomic mass is 10.0. The number of ether oxygens (including phenoxy) is 1. The van der Waals surface area contributed by atoms with Crippen molar-refractivity contribution in [2.24, 2.45) is 4.99 Å². The second kappa shape index (κ2) is 9.32. The number of piperidine rings is 1. The highest BCUT2D eigenvalue weighted by Crippen LogP contribution is 2.15. The Morgan fingerprint density at radius 1 is 1.35 bits per heavy atom. The van der Waals surface area contributed by atoms with Gasteiger partial charge in [-0.15, -0.1) is 0 Å². The van der Waals surface area contributed by atoms with Crippen LogP contribution in [0.25, 0.3) is 0 Å². The molecular weight excluding hydrogens is 330 g/mol. The molecule has 0 amide bonds. The molecule has 2 N–H and O–H groups in total. The van der Waals surface area contributed by atoms with Gasteiger partial charge < -0.3 is 15.4 Å². The third-order valence-corrected chi connectivity index (χ3v) is 5.37. The van der Waals surface area contributed by atoms with E-state index in [2.05, 4.69) is 37.5 Å². The van der Waals surface area contributed by atoms with Crippen molar-refractivity contribution in [3.63, 3.8) is 0 Å². The lowest BCUT2D eigenvalue weighted by molar-refractivity contribution is 0.163. The van der Waals surface area contributed by atoms with Gasteiger partial charge in [-0.3, -0.25) is 9.89 Å². The monoisotopic (exact) mass is 363 g/mol. The minimum Gasteiger partial charge on any atom is -0.377 e. The summed E-state index contributed by atoms with van der Waals surface area (Å²) in [5.41, 5.74) is 0. The summed E-state index contributed by atoms with van der Waals surface area (Å²) < 4.78 is 7.13. The summed E-state index contributed by atoms with van der Waals surface area (Å²) in [4.78, 5) is 11.5. The number of aromatic nitrogens is 3. The summed E-state index contributed by atoms with van der Waals surface area (Å²) >= 11 is 0. The van der Waals surface area contributed by atoms with Crippen LogP contribution in [0.15, 0.2) is 4.99 Å². The predicted molar refractivity (Wildman–Crippen MR) is 102 cm³/mol. The van der Waals surface area contributed by atoms with E-state index in [0.29, 0.717) is 18.7 Å². The van der Waals surface area contributed by atoms with Crippen molar-refractivity contribution < 1.29 is 4.74 Å². The number of nitrogens with one attached hydrogen (secondary N) is 2. The largest absolute Gasteiger partial charge is 0.377 e. The number of rotatable bonds is 6. The number of aryl methyl sites for hydroxylation is 1. The average molecular weight is 364 g/mol. The average Bonchev–Trinajstić information content (AvgIpc) is 3.04. The van der Waals surface area contributed by atoms with Crippen molar-refractivity contribution in [2.75, 3.05) is 33.8 Å². The lowest BCUT2D eigenvalue weighted by Gasteiger charge is -2.33. The topological polar surface area (TPSA) is 79.6 Å². The Kier molecular flexibility index (Phi) is 6.85. The molecule has 8 nitrogen and oxygen atoms in total. The zero-order valence-corrected chi connectivity index (χ0v) is 16.4. The molecule has 1 saturated heterocycles. The van der Waals surface area contributed by atoms with Crippen LogP contribution in [0.1, 0.15) is 44.3 Å². The Morgan fingerprint density at radius 3 is 3.00 bits per heavy atom. The molecule has 8 heteroatoms. The zero-order valence-electron chi connectivity index (χ0n) is 16.4. The van der Waals surface area contributed by atoms with Crippen molar-refractivity contribution in [1.82, 2.24) is 30.3 Å². The Morgan fingerprint density at radius 2 is 2.23 bits per heavy atom. The molecule has 2 atom stereocenters. The maximum absolute atomic E-state index is 5.13. The van der Waals surface area contributed by atoms with Crippen molar-refractivity contribution >= 4 is 5.96 Å². The van der Waals surface area contributed by atoms with Crippen molar-refractivity contribution in [3.05, 3.63) is 11.6 Å². The molecule has 3 heterocycles. The van der Waals surface area contributed by atoms with Gasteiger partial charge in [-0.25, -0.2) is 9.67 Å². The first-order chi connectivity index (χ1) is 12.7. The molecule has 0 radical (unpaired) electrons. The Balaban J connectivity index is 1.44. The number of likely N-dealkylation sites (tertiary alicyclic amines) is 1. The normalized spacial score (nSPS) is 24.3. The van der Waals surface area contributed by atoms with Gasteiger partial charge in [0.2, 0.25) is 0 Å². The Hall–Kier alpha value is -1.67. The molecule has 0 aromatic carbocycles. The van der Waals surface area contributed by atoms with Crippen LogP contribution in [0.4, 0.5) is 0 Å². The molecule has 26 heavy (non-hydrogen) atoms. The van der Waals surface area contributed by atoms with Crippen LogP contribution in [0, 0.1) is 0 Å². The second-order valence-corrected chi connectivity index (χ2v) is 7.32. The molecule has 0 bridgehead atoms. The van der Waals surface area contributed by atoms with E-state index in [1.165, 1.54) is 25.8 Å². The summed E-state index contributed by atoms with van der Waals surface area (Å²) in [7, 11) is 3.50. The van der Waals surface area contributed by atoms with Gasteiger partial charge >= 0.3 is 0 Å². The van der Waals surface area contributed by atoms with Gasteiger partial charge in [-0.05, 0) is 32.7 Å². The molecule has 146 valence electrons. The van der Waals surface area contributed by atoms with E-state index in [-0.39, 0.29) is 0 Å². The number of aliphatic imine (C=N–C) groups is 1. The van der Waals surface area contributed by atoms with Crippen LogP contribution in [0.2, 0.25) is 0 Å². The first kappa shape index (κ1) is 19.1. The molecule has 1 aromatic heterocycles. The number of hydrogen-bond acceptors (Lipinski definition) is 5. The van der Waals surface area contributed by atoms with E-state index >= 15 is 0 Å². The summed E-state index contributed by atoms with van der Waals surface area (Å²) in [5.74, 6) is 2.69. The number of fused-ring (bicyclic) bond motifs is 1. The van der Waals surface area contributed by atoms with Crippen molar-refractivity contribution in [3.8, 4) is 0 Å². The lowest BCUT2D eigenvalue weighted by Crippen LogP contribution is -2.49. The number of methoxy groups -OCH3 is 1. The predicted octanol–water partition coefficient (Wildman–Crippen LogP) is 0.779. The summed E-state index contributed by atoms with van der Waals surface area (Å²) in [6, 6.07) is 1.02. The minimum atomic E-state index is 0.319. The summed E-state index contributed by atoms with van der Waals surface area (Å²) in [5, 5.41) is 11.5. The van der Waals surface area contributed by atoms with E-state index < -0.39 is 0 Å². The molecule has 1 aromatic rings. The van der Waals surface area contributed by atoms with E-state index in [0.717, 1.165) is 50.1 Å². The molecule has 0 spiro atoms. The van der Waals surface area contributed by atoms with Gasteiger partial charge in [0, 0.05) is 45.8 Å². The smallest absolute Gasteiger partial charge is 0.191 e. The highest BCUT2D eigenvalue weighted by molar-refractivity contribution is 5.79. The fourth-order valence-corrected chi connectivity index (χ4v) is 3.86.